The predicted octanol–water partition coefficient (Wildman–Crippen LogP) is 6.96. The fraction of sp³-hybridized carbons (Fsp3) is 0.0588. The number of amides is 3. The van der Waals surface area contributed by atoms with E-state index in [-0.39, 0.29) is 17.4 Å². The first-order chi connectivity index (χ1) is 21.5. The summed E-state index contributed by atoms with van der Waals surface area (Å²) in [6.07, 6.45) is 1.59. The van der Waals surface area contributed by atoms with Gasteiger partial charge in [-0.3, -0.25) is 14.4 Å². The third-order valence-corrected chi connectivity index (χ3v) is 7.97. The molecule has 5 rings (SSSR count). The second-order valence-corrected chi connectivity index (χ2v) is 11.3. The monoisotopic (exact) mass is 620 g/mol. The number of aromatic nitrogens is 1. The molecule has 44 heavy (non-hydrogen) atoms. The molecule has 0 saturated carbocycles. The summed E-state index contributed by atoms with van der Waals surface area (Å²) in [6.45, 7) is 0. The Morgan fingerprint density at radius 3 is 2.39 bits per heavy atom. The highest BCUT2D eigenvalue weighted by molar-refractivity contribution is 8.00. The Morgan fingerprint density at radius 1 is 0.864 bits per heavy atom. The Hall–Kier alpha value is -5.19. The zero-order valence-corrected chi connectivity index (χ0v) is 25.3. The van der Waals surface area contributed by atoms with E-state index in [0.717, 1.165) is 16.2 Å². The van der Waals surface area contributed by atoms with Crippen molar-refractivity contribution < 1.29 is 19.1 Å². The van der Waals surface area contributed by atoms with Crippen molar-refractivity contribution in [2.45, 2.75) is 4.90 Å². The smallest absolute Gasteiger partial charge is 0.272 e. The number of anilines is 2. The Labute approximate surface area is 263 Å². The maximum Gasteiger partial charge on any atom is 0.272 e. The molecule has 1 heterocycles. The average molecular weight is 621 g/mol. The number of hydrogen-bond acceptors (Lipinski definition) is 7. The molecule has 0 spiro atoms. The highest BCUT2D eigenvalue weighted by Gasteiger charge is 2.16. The van der Waals surface area contributed by atoms with E-state index in [1.807, 2.05) is 47.8 Å². The van der Waals surface area contributed by atoms with Crippen LogP contribution in [0.25, 0.3) is 17.3 Å². The van der Waals surface area contributed by atoms with E-state index in [4.69, 9.17) is 4.74 Å². The van der Waals surface area contributed by atoms with Crippen LogP contribution in [0.2, 0.25) is 0 Å². The van der Waals surface area contributed by atoms with Crippen LogP contribution in [0.1, 0.15) is 15.9 Å². The van der Waals surface area contributed by atoms with Gasteiger partial charge in [0.15, 0.2) is 5.13 Å². The van der Waals surface area contributed by atoms with Crippen molar-refractivity contribution in [2.24, 2.45) is 0 Å². The van der Waals surface area contributed by atoms with Gasteiger partial charge >= 0.3 is 0 Å². The Bertz CT molecular complexity index is 1790. The van der Waals surface area contributed by atoms with Gasteiger partial charge in [-0.15, -0.1) is 23.1 Å². The lowest BCUT2D eigenvalue weighted by Crippen LogP contribution is -2.30. The summed E-state index contributed by atoms with van der Waals surface area (Å²) in [5, 5.41) is 10.9. The van der Waals surface area contributed by atoms with Crippen molar-refractivity contribution >= 4 is 57.7 Å². The molecule has 0 aliphatic carbocycles. The van der Waals surface area contributed by atoms with Gasteiger partial charge in [0.2, 0.25) is 5.91 Å². The fourth-order valence-corrected chi connectivity index (χ4v) is 5.57. The second-order valence-electron chi connectivity index (χ2n) is 9.38. The number of ether oxygens (including phenoxy) is 1. The summed E-state index contributed by atoms with van der Waals surface area (Å²) < 4.78 is 5.30. The standard InChI is InChI=1S/C34H28N4O4S2/c1-42-27-16-8-10-23(18-27)19-29(36-32(40)25-13-6-3-7-14-25)33(41)35-26-15-9-17-28(20-26)43-22-31(39)38-34-37-30(21-44-34)24-11-4-2-5-12-24/h2-21H,22H2,1H3,(H,35,41)(H,36,40)(H,37,38,39)/b29-19-. The van der Waals surface area contributed by atoms with Crippen LogP contribution in [0.15, 0.2) is 125 Å². The van der Waals surface area contributed by atoms with E-state index in [1.165, 1.54) is 23.1 Å². The molecule has 8 nitrogen and oxygen atoms in total. The summed E-state index contributed by atoms with van der Waals surface area (Å²) in [6, 6.07) is 32.7. The molecule has 4 aromatic carbocycles. The molecule has 0 aliphatic heterocycles. The van der Waals surface area contributed by atoms with Crippen LogP contribution >= 0.6 is 23.1 Å². The van der Waals surface area contributed by atoms with Crippen molar-refractivity contribution in [3.05, 3.63) is 131 Å². The van der Waals surface area contributed by atoms with Gasteiger partial charge in [-0.2, -0.15) is 0 Å². The minimum absolute atomic E-state index is 0.0582. The zero-order valence-electron chi connectivity index (χ0n) is 23.7. The maximum atomic E-state index is 13.4. The lowest BCUT2D eigenvalue weighted by Gasteiger charge is -2.12. The topological polar surface area (TPSA) is 109 Å². The number of thiazole rings is 1. The highest BCUT2D eigenvalue weighted by atomic mass is 32.2. The van der Waals surface area contributed by atoms with Gasteiger partial charge in [0.25, 0.3) is 11.8 Å². The number of nitrogens with zero attached hydrogens (tertiary/aromatic N) is 1. The molecule has 0 fully saturated rings. The first kappa shape index (κ1) is 30.3. The van der Waals surface area contributed by atoms with Gasteiger partial charge in [-0.1, -0.05) is 66.7 Å². The first-order valence-corrected chi connectivity index (χ1v) is 15.4. The number of benzene rings is 4. The number of carbonyl (C=O) groups excluding carboxylic acids is 3. The van der Waals surface area contributed by atoms with Crippen LogP contribution in [0, 0.1) is 0 Å². The molecule has 0 radical (unpaired) electrons. The van der Waals surface area contributed by atoms with Crippen LogP contribution in [-0.2, 0) is 9.59 Å². The number of thioether (sulfide) groups is 1. The van der Waals surface area contributed by atoms with Gasteiger partial charge in [0, 0.05) is 27.1 Å². The van der Waals surface area contributed by atoms with Crippen molar-refractivity contribution in [2.75, 3.05) is 23.5 Å². The second kappa shape index (κ2) is 14.8. The van der Waals surface area contributed by atoms with E-state index in [2.05, 4.69) is 20.9 Å². The summed E-state index contributed by atoms with van der Waals surface area (Å²) in [5.74, 6) is -0.332. The maximum absolute atomic E-state index is 13.4. The number of carbonyl (C=O) groups is 3. The minimum Gasteiger partial charge on any atom is -0.497 e. The predicted molar refractivity (Wildman–Crippen MR) is 177 cm³/mol. The molecule has 5 aromatic rings. The Balaban J connectivity index is 1.24. The van der Waals surface area contributed by atoms with E-state index >= 15 is 0 Å². The van der Waals surface area contributed by atoms with Crippen LogP contribution in [0.5, 0.6) is 5.75 Å². The average Bonchev–Trinajstić information content (AvgIpc) is 3.53. The van der Waals surface area contributed by atoms with E-state index < -0.39 is 11.8 Å². The highest BCUT2D eigenvalue weighted by Crippen LogP contribution is 2.26. The molecule has 0 atom stereocenters. The lowest BCUT2D eigenvalue weighted by atomic mass is 10.1. The third kappa shape index (κ3) is 8.43. The minimum atomic E-state index is -0.505. The van der Waals surface area contributed by atoms with Crippen LogP contribution in [0.3, 0.4) is 0 Å². The van der Waals surface area contributed by atoms with Gasteiger partial charge in [0.05, 0.1) is 18.6 Å². The number of hydrogen-bond donors (Lipinski definition) is 3. The first-order valence-electron chi connectivity index (χ1n) is 13.5. The van der Waals surface area contributed by atoms with E-state index in [9.17, 15) is 14.4 Å². The van der Waals surface area contributed by atoms with E-state index in [0.29, 0.717) is 27.7 Å². The molecule has 1 aromatic heterocycles. The molecule has 10 heteroatoms. The van der Waals surface area contributed by atoms with Crippen LogP contribution in [-0.4, -0.2) is 35.6 Å². The summed E-state index contributed by atoms with van der Waals surface area (Å²) in [4.78, 5) is 44.3. The van der Waals surface area contributed by atoms with Crippen LogP contribution in [0.4, 0.5) is 10.8 Å². The summed E-state index contributed by atoms with van der Waals surface area (Å²) in [5.41, 5.74) is 3.46. The largest absolute Gasteiger partial charge is 0.497 e. The van der Waals surface area contributed by atoms with Gasteiger partial charge in [-0.25, -0.2) is 4.98 Å². The molecule has 0 aliphatic rings. The van der Waals surface area contributed by atoms with Crippen molar-refractivity contribution in [3.8, 4) is 17.0 Å². The lowest BCUT2D eigenvalue weighted by molar-refractivity contribution is -0.114. The Morgan fingerprint density at radius 2 is 1.61 bits per heavy atom. The Kier molecular flexibility index (Phi) is 10.2. The van der Waals surface area contributed by atoms with Gasteiger partial charge in [0.1, 0.15) is 11.4 Å². The number of rotatable bonds is 11. The van der Waals surface area contributed by atoms with Gasteiger partial charge in [-0.05, 0) is 54.1 Å². The molecular formula is C34H28N4O4S2. The van der Waals surface area contributed by atoms with Crippen molar-refractivity contribution in [3.63, 3.8) is 0 Å². The van der Waals surface area contributed by atoms with E-state index in [1.54, 1.807) is 79.9 Å². The zero-order chi connectivity index (χ0) is 30.7. The third-order valence-electron chi connectivity index (χ3n) is 6.22. The fourth-order valence-electron chi connectivity index (χ4n) is 4.08. The summed E-state index contributed by atoms with van der Waals surface area (Å²) in [7, 11) is 1.56. The molecule has 3 amide bonds. The molecule has 3 N–H and O–H groups in total. The van der Waals surface area contributed by atoms with Crippen molar-refractivity contribution in [1.82, 2.24) is 10.3 Å². The number of nitrogens with one attached hydrogen (secondary N) is 3. The quantitative estimate of drug-likeness (QED) is 0.109. The normalized spacial score (nSPS) is 11.0. The number of methoxy groups -OCH3 is 1. The molecular weight excluding hydrogens is 593 g/mol. The SMILES string of the molecule is COc1cccc(/C=C(\NC(=O)c2ccccc2)C(=O)Nc2cccc(SCC(=O)Nc3nc(-c4ccccc4)cs3)c2)c1. The molecule has 0 unspecified atom stereocenters. The molecule has 0 bridgehead atoms. The summed E-state index contributed by atoms with van der Waals surface area (Å²) >= 11 is 2.70. The molecule has 0 saturated heterocycles. The van der Waals surface area contributed by atoms with Gasteiger partial charge < -0.3 is 20.7 Å². The molecule has 220 valence electrons. The van der Waals surface area contributed by atoms with Crippen LogP contribution < -0.4 is 20.7 Å². The van der Waals surface area contributed by atoms with Crippen molar-refractivity contribution in [1.29, 1.82) is 0 Å².